The molecule has 2 aliphatic rings. The number of nitrogens with one attached hydrogen (secondary N) is 1. The Kier molecular flexibility index (Phi) is 3.44. The summed E-state index contributed by atoms with van der Waals surface area (Å²) in [5.41, 5.74) is -1.05. The zero-order chi connectivity index (χ0) is 12.0. The summed E-state index contributed by atoms with van der Waals surface area (Å²) < 4.78 is -0.996. The van der Waals surface area contributed by atoms with E-state index in [1.54, 1.807) is 0 Å². The molecule has 0 amide bonds. The molecule has 0 aromatic rings. The quantitative estimate of drug-likeness (QED) is 0.628. The van der Waals surface area contributed by atoms with Gasteiger partial charge in [-0.2, -0.15) is 0 Å². The van der Waals surface area contributed by atoms with Crippen molar-refractivity contribution in [2.75, 3.05) is 18.3 Å². The maximum absolute atomic E-state index is 12.5. The SMILES string of the molecule is O=C1C(CCl)(CCl)CCC12CNC(Cl)(Cl)C2. The third-order valence-corrected chi connectivity index (χ3v) is 5.36. The Morgan fingerprint density at radius 3 is 2.19 bits per heavy atom. The van der Waals surface area contributed by atoms with Gasteiger partial charge in [0, 0.05) is 30.1 Å². The van der Waals surface area contributed by atoms with Gasteiger partial charge in [-0.05, 0) is 12.8 Å². The van der Waals surface area contributed by atoms with Gasteiger partial charge >= 0.3 is 0 Å². The Balaban J connectivity index is 2.25. The summed E-state index contributed by atoms with van der Waals surface area (Å²) in [6, 6.07) is 0. The lowest BCUT2D eigenvalue weighted by Gasteiger charge is -2.26. The Morgan fingerprint density at radius 2 is 1.81 bits per heavy atom. The molecule has 2 fully saturated rings. The van der Waals surface area contributed by atoms with Gasteiger partial charge in [0.2, 0.25) is 0 Å². The van der Waals surface area contributed by atoms with E-state index >= 15 is 0 Å². The maximum Gasteiger partial charge on any atom is 0.169 e. The molecule has 1 N–H and O–H groups in total. The molecule has 2 nitrogen and oxygen atoms in total. The van der Waals surface area contributed by atoms with E-state index in [2.05, 4.69) is 5.32 Å². The molecule has 1 saturated heterocycles. The van der Waals surface area contributed by atoms with E-state index in [1.165, 1.54) is 0 Å². The fourth-order valence-electron chi connectivity index (χ4n) is 2.74. The van der Waals surface area contributed by atoms with Crippen LogP contribution in [0.15, 0.2) is 0 Å². The molecule has 16 heavy (non-hydrogen) atoms. The van der Waals surface area contributed by atoms with Crippen molar-refractivity contribution in [1.29, 1.82) is 0 Å². The predicted molar refractivity (Wildman–Crippen MR) is 67.6 cm³/mol. The van der Waals surface area contributed by atoms with Gasteiger partial charge in [0.25, 0.3) is 0 Å². The van der Waals surface area contributed by atoms with E-state index in [0.29, 0.717) is 13.0 Å². The maximum atomic E-state index is 12.5. The van der Waals surface area contributed by atoms with Crippen LogP contribution in [-0.2, 0) is 4.79 Å². The Bertz CT molecular complexity index is 316. The first-order chi connectivity index (χ1) is 7.40. The van der Waals surface area contributed by atoms with Crippen molar-refractivity contribution < 1.29 is 4.79 Å². The molecule has 0 bridgehead atoms. The fourth-order valence-corrected chi connectivity index (χ4v) is 4.19. The zero-order valence-electron chi connectivity index (χ0n) is 8.66. The summed E-state index contributed by atoms with van der Waals surface area (Å²) in [7, 11) is 0. The van der Waals surface area contributed by atoms with Crippen LogP contribution in [0.4, 0.5) is 0 Å². The number of Topliss-reactive ketones (excluding diaryl/α,β-unsaturated/α-hetero) is 1. The monoisotopic (exact) mass is 303 g/mol. The molecule has 1 aliphatic carbocycles. The fraction of sp³-hybridized carbons (Fsp3) is 0.900. The van der Waals surface area contributed by atoms with E-state index in [-0.39, 0.29) is 17.5 Å². The molecular weight excluding hydrogens is 292 g/mol. The smallest absolute Gasteiger partial charge is 0.169 e. The number of ketones is 1. The second kappa shape index (κ2) is 4.17. The molecule has 1 heterocycles. The van der Waals surface area contributed by atoms with Gasteiger partial charge in [-0.1, -0.05) is 23.2 Å². The standard InChI is InChI=1S/C10H13Cl4NO/c11-4-9(5-12)2-1-8(7(9)16)3-10(13,14)15-6-8/h15H,1-6H2. The number of carbonyl (C=O) groups is 1. The van der Waals surface area contributed by atoms with Crippen molar-refractivity contribution in [1.82, 2.24) is 5.32 Å². The lowest BCUT2D eigenvalue weighted by Crippen LogP contribution is -2.39. The van der Waals surface area contributed by atoms with Gasteiger partial charge in [-0.15, -0.1) is 23.2 Å². The molecule has 0 aromatic carbocycles. The summed E-state index contributed by atoms with van der Waals surface area (Å²) in [5, 5.41) is 2.97. The summed E-state index contributed by atoms with van der Waals surface area (Å²) in [5.74, 6) is 0.671. The summed E-state index contributed by atoms with van der Waals surface area (Å²) in [6.07, 6.45) is 1.93. The van der Waals surface area contributed by atoms with Crippen LogP contribution in [0.3, 0.4) is 0 Å². The molecule has 1 saturated carbocycles. The van der Waals surface area contributed by atoms with Gasteiger partial charge in [-0.25, -0.2) is 0 Å². The highest BCUT2D eigenvalue weighted by molar-refractivity contribution is 6.48. The summed E-state index contributed by atoms with van der Waals surface area (Å²) >= 11 is 23.8. The average Bonchev–Trinajstić information content (AvgIpc) is 2.70. The van der Waals surface area contributed by atoms with E-state index in [0.717, 1.165) is 12.8 Å². The largest absolute Gasteiger partial charge is 0.298 e. The average molecular weight is 305 g/mol. The Hall–Kier alpha value is 0.790. The zero-order valence-corrected chi connectivity index (χ0v) is 11.7. The van der Waals surface area contributed by atoms with Crippen molar-refractivity contribution in [2.24, 2.45) is 10.8 Å². The molecule has 92 valence electrons. The van der Waals surface area contributed by atoms with Crippen LogP contribution in [0, 0.1) is 10.8 Å². The van der Waals surface area contributed by atoms with Crippen LogP contribution in [0.25, 0.3) is 0 Å². The molecule has 1 aliphatic heterocycles. The minimum atomic E-state index is -0.996. The molecule has 6 heteroatoms. The van der Waals surface area contributed by atoms with Gasteiger partial charge < -0.3 is 0 Å². The summed E-state index contributed by atoms with van der Waals surface area (Å²) in [6.45, 7) is 0.522. The predicted octanol–water partition coefficient (Wildman–Crippen LogP) is 2.92. The van der Waals surface area contributed by atoms with Crippen LogP contribution < -0.4 is 5.32 Å². The van der Waals surface area contributed by atoms with Gasteiger partial charge in [-0.3, -0.25) is 10.1 Å². The molecule has 0 radical (unpaired) electrons. The third kappa shape index (κ3) is 1.87. The normalized spacial score (nSPS) is 36.1. The van der Waals surface area contributed by atoms with Crippen LogP contribution in [0.2, 0.25) is 0 Å². The molecule has 1 atom stereocenters. The van der Waals surface area contributed by atoms with E-state index in [9.17, 15) is 4.79 Å². The molecule has 1 unspecified atom stereocenters. The number of hydrogen-bond acceptors (Lipinski definition) is 2. The Morgan fingerprint density at radius 1 is 1.19 bits per heavy atom. The summed E-state index contributed by atoms with van der Waals surface area (Å²) in [4.78, 5) is 12.5. The highest BCUT2D eigenvalue weighted by atomic mass is 35.5. The highest BCUT2D eigenvalue weighted by Gasteiger charge is 2.60. The molecule has 2 rings (SSSR count). The van der Waals surface area contributed by atoms with E-state index in [4.69, 9.17) is 46.4 Å². The lowest BCUT2D eigenvalue weighted by molar-refractivity contribution is -0.131. The number of rotatable bonds is 2. The van der Waals surface area contributed by atoms with Crippen molar-refractivity contribution in [3.05, 3.63) is 0 Å². The van der Waals surface area contributed by atoms with Crippen molar-refractivity contribution in [2.45, 2.75) is 23.7 Å². The molecule has 0 aromatic heterocycles. The van der Waals surface area contributed by atoms with Crippen molar-refractivity contribution in [3.8, 4) is 0 Å². The van der Waals surface area contributed by atoms with Gasteiger partial charge in [0.15, 0.2) is 4.46 Å². The minimum Gasteiger partial charge on any atom is -0.298 e. The van der Waals surface area contributed by atoms with Crippen molar-refractivity contribution >= 4 is 52.2 Å². The van der Waals surface area contributed by atoms with Crippen LogP contribution in [-0.4, -0.2) is 28.5 Å². The Labute approximate surface area is 115 Å². The van der Waals surface area contributed by atoms with Gasteiger partial charge in [0.05, 0.1) is 5.41 Å². The minimum absolute atomic E-state index is 0.126. The first-order valence-corrected chi connectivity index (χ1v) is 7.02. The lowest BCUT2D eigenvalue weighted by atomic mass is 9.79. The van der Waals surface area contributed by atoms with Crippen LogP contribution in [0.5, 0.6) is 0 Å². The highest BCUT2D eigenvalue weighted by Crippen LogP contribution is 2.54. The van der Waals surface area contributed by atoms with E-state index < -0.39 is 15.3 Å². The first kappa shape index (κ1) is 13.2. The molecular formula is C10H13Cl4NO. The third-order valence-electron chi connectivity index (χ3n) is 3.80. The van der Waals surface area contributed by atoms with Crippen LogP contribution >= 0.6 is 46.4 Å². The number of halogens is 4. The first-order valence-electron chi connectivity index (χ1n) is 5.20. The number of carbonyl (C=O) groups excluding carboxylic acids is 1. The van der Waals surface area contributed by atoms with Gasteiger partial charge in [0.1, 0.15) is 5.78 Å². The number of alkyl halides is 4. The number of hydrogen-bond donors (Lipinski definition) is 1. The second-order valence-corrected chi connectivity index (χ2v) is 6.91. The second-order valence-electron chi connectivity index (χ2n) is 4.89. The van der Waals surface area contributed by atoms with Crippen LogP contribution in [0.1, 0.15) is 19.3 Å². The van der Waals surface area contributed by atoms with Crippen molar-refractivity contribution in [3.63, 3.8) is 0 Å². The topological polar surface area (TPSA) is 29.1 Å². The van der Waals surface area contributed by atoms with E-state index in [1.807, 2.05) is 0 Å². The molecule has 1 spiro atoms.